The van der Waals surface area contributed by atoms with Crippen LogP contribution < -0.4 is 11.1 Å². The van der Waals surface area contributed by atoms with Crippen LogP contribution in [0.5, 0.6) is 0 Å². The van der Waals surface area contributed by atoms with E-state index in [2.05, 4.69) is 17.2 Å². The largest absolute Gasteiger partial charge is 0.349 e. The molecule has 0 aliphatic rings. The highest BCUT2D eigenvalue weighted by atomic mass is 32.2. The van der Waals surface area contributed by atoms with Gasteiger partial charge in [-0.3, -0.25) is 4.79 Å². The Labute approximate surface area is 119 Å². The zero-order chi connectivity index (χ0) is 14.3. The molecule has 3 nitrogen and oxygen atoms in total. The van der Waals surface area contributed by atoms with E-state index in [-0.39, 0.29) is 11.9 Å². The van der Waals surface area contributed by atoms with Gasteiger partial charge in [0.15, 0.2) is 0 Å². The summed E-state index contributed by atoms with van der Waals surface area (Å²) in [7, 11) is 0. The highest BCUT2D eigenvalue weighted by Crippen LogP contribution is 2.13. The smallest absolute Gasteiger partial charge is 0.251 e. The van der Waals surface area contributed by atoms with Gasteiger partial charge in [0.05, 0.1) is 6.54 Å². The molecule has 1 rings (SSSR count). The van der Waals surface area contributed by atoms with Crippen LogP contribution in [0.3, 0.4) is 0 Å². The minimum Gasteiger partial charge on any atom is -0.349 e. The van der Waals surface area contributed by atoms with Crippen molar-refractivity contribution in [3.05, 3.63) is 34.9 Å². The molecule has 102 valence electrons. The van der Waals surface area contributed by atoms with Gasteiger partial charge in [-0.15, -0.1) is 0 Å². The van der Waals surface area contributed by atoms with Gasteiger partial charge in [0.25, 0.3) is 5.91 Å². The molecule has 1 aromatic carbocycles. The molecule has 0 saturated heterocycles. The first-order chi connectivity index (χ1) is 9.10. The number of hydrogen-bond acceptors (Lipinski definition) is 3. The summed E-state index contributed by atoms with van der Waals surface area (Å²) in [5.41, 5.74) is 7.80. The number of hydrogen-bond donors (Lipinski definition) is 2. The average molecular weight is 276 g/mol. The lowest BCUT2D eigenvalue weighted by Gasteiger charge is -2.14. The third-order valence-corrected chi connectivity index (χ3v) is 3.53. The van der Waals surface area contributed by atoms with E-state index in [9.17, 15) is 4.79 Å². The van der Waals surface area contributed by atoms with Gasteiger partial charge in [0, 0.05) is 22.9 Å². The fraction of sp³-hybridized carbons (Fsp3) is 0.400. The molecule has 0 radical (unpaired) electrons. The number of amides is 1. The van der Waals surface area contributed by atoms with Crippen molar-refractivity contribution in [2.75, 3.05) is 18.6 Å². The van der Waals surface area contributed by atoms with Gasteiger partial charge in [-0.05, 0) is 37.8 Å². The number of nitrogens with two attached hydrogens (primary N) is 1. The maximum absolute atomic E-state index is 12.2. The topological polar surface area (TPSA) is 55.1 Å². The number of benzene rings is 1. The summed E-state index contributed by atoms with van der Waals surface area (Å²) in [6.45, 7) is 4.23. The summed E-state index contributed by atoms with van der Waals surface area (Å²) in [4.78, 5) is 12.2. The molecule has 1 amide bonds. The summed E-state index contributed by atoms with van der Waals surface area (Å²) in [5, 5.41) is 2.99. The van der Waals surface area contributed by atoms with Crippen LogP contribution in [0.1, 0.15) is 28.4 Å². The van der Waals surface area contributed by atoms with Gasteiger partial charge in [0.1, 0.15) is 0 Å². The van der Waals surface area contributed by atoms with Crippen molar-refractivity contribution >= 4 is 17.7 Å². The molecule has 0 spiro atoms. The lowest BCUT2D eigenvalue weighted by Crippen LogP contribution is -2.34. The van der Waals surface area contributed by atoms with Crippen LogP contribution in [-0.2, 0) is 0 Å². The summed E-state index contributed by atoms with van der Waals surface area (Å²) in [6, 6.07) is 5.73. The normalized spacial score (nSPS) is 11.4. The molecule has 1 atom stereocenters. The Kier molecular flexibility index (Phi) is 6.48. The van der Waals surface area contributed by atoms with E-state index in [1.807, 2.05) is 38.3 Å². The number of carbonyl (C=O) groups excluding carboxylic acids is 1. The molecule has 0 saturated carbocycles. The van der Waals surface area contributed by atoms with Crippen LogP contribution in [0.2, 0.25) is 0 Å². The van der Waals surface area contributed by atoms with Gasteiger partial charge in [-0.25, -0.2) is 0 Å². The van der Waals surface area contributed by atoms with E-state index < -0.39 is 0 Å². The Balaban J connectivity index is 2.92. The minimum absolute atomic E-state index is 0.0459. The molecule has 0 fully saturated rings. The molecule has 3 N–H and O–H groups in total. The van der Waals surface area contributed by atoms with Crippen molar-refractivity contribution in [2.45, 2.75) is 19.9 Å². The van der Waals surface area contributed by atoms with Crippen LogP contribution in [0, 0.1) is 18.8 Å². The first kappa shape index (κ1) is 15.6. The molecule has 1 unspecified atom stereocenters. The maximum atomic E-state index is 12.2. The molecule has 19 heavy (non-hydrogen) atoms. The summed E-state index contributed by atoms with van der Waals surface area (Å²) >= 11 is 1.71. The van der Waals surface area contributed by atoms with Crippen LogP contribution in [0.4, 0.5) is 0 Å². The zero-order valence-electron chi connectivity index (χ0n) is 11.6. The quantitative estimate of drug-likeness (QED) is 0.824. The van der Waals surface area contributed by atoms with Crippen LogP contribution in [0.25, 0.3) is 0 Å². The zero-order valence-corrected chi connectivity index (χ0v) is 12.4. The molecule has 0 aromatic heterocycles. The van der Waals surface area contributed by atoms with E-state index in [0.29, 0.717) is 12.1 Å². The first-order valence-corrected chi connectivity index (χ1v) is 7.57. The molecule has 0 bridgehead atoms. The monoisotopic (exact) mass is 276 g/mol. The van der Waals surface area contributed by atoms with E-state index in [4.69, 9.17) is 5.73 Å². The Bertz CT molecular complexity index is 503. The van der Waals surface area contributed by atoms with Crippen molar-refractivity contribution in [3.63, 3.8) is 0 Å². The van der Waals surface area contributed by atoms with Crippen LogP contribution in [-0.4, -0.2) is 30.5 Å². The maximum Gasteiger partial charge on any atom is 0.251 e. The molecular weight excluding hydrogens is 256 g/mol. The van der Waals surface area contributed by atoms with Gasteiger partial charge >= 0.3 is 0 Å². The second-order valence-electron chi connectivity index (χ2n) is 4.31. The van der Waals surface area contributed by atoms with Gasteiger partial charge < -0.3 is 11.1 Å². The number of nitrogens with one attached hydrogen (secondary N) is 1. The lowest BCUT2D eigenvalue weighted by atomic mass is 10.0. The Morgan fingerprint density at radius 1 is 1.53 bits per heavy atom. The van der Waals surface area contributed by atoms with Crippen LogP contribution >= 0.6 is 11.8 Å². The summed E-state index contributed by atoms with van der Waals surface area (Å²) < 4.78 is 0. The SMILES string of the molecule is CSCC(C)NC(=O)c1cccc(C#CCN)c1C. The number of thioether (sulfide) groups is 1. The predicted octanol–water partition coefficient (Wildman–Crippen LogP) is 1.79. The minimum atomic E-state index is -0.0459. The van der Waals surface area contributed by atoms with E-state index >= 15 is 0 Å². The molecule has 0 aliphatic heterocycles. The standard InChI is InChI=1S/C15H20N2OS/c1-11(10-19-3)17-15(18)14-8-4-6-13(12(14)2)7-5-9-16/h4,6,8,11H,9-10,16H2,1-3H3,(H,17,18). The molecule has 0 aliphatic carbocycles. The first-order valence-electron chi connectivity index (χ1n) is 6.18. The lowest BCUT2D eigenvalue weighted by molar-refractivity contribution is 0.0943. The fourth-order valence-corrected chi connectivity index (χ4v) is 2.34. The van der Waals surface area contributed by atoms with E-state index in [1.54, 1.807) is 11.8 Å². The van der Waals surface area contributed by atoms with E-state index in [1.165, 1.54) is 0 Å². The van der Waals surface area contributed by atoms with Gasteiger partial charge in [0.2, 0.25) is 0 Å². The second kappa shape index (κ2) is 7.88. The Hall–Kier alpha value is -1.44. The van der Waals surface area contributed by atoms with E-state index in [0.717, 1.165) is 16.9 Å². The predicted molar refractivity (Wildman–Crippen MR) is 82.4 cm³/mol. The highest BCUT2D eigenvalue weighted by Gasteiger charge is 2.13. The van der Waals surface area contributed by atoms with Crippen molar-refractivity contribution in [2.24, 2.45) is 5.73 Å². The molecule has 4 heteroatoms. The summed E-state index contributed by atoms with van der Waals surface area (Å²) in [5.74, 6) is 6.66. The second-order valence-corrected chi connectivity index (χ2v) is 5.22. The van der Waals surface area contributed by atoms with Crippen LogP contribution in [0.15, 0.2) is 18.2 Å². The van der Waals surface area contributed by atoms with Gasteiger partial charge in [-0.1, -0.05) is 17.9 Å². The number of carbonyl (C=O) groups is 1. The Morgan fingerprint density at radius 2 is 2.26 bits per heavy atom. The number of rotatable bonds is 4. The third-order valence-electron chi connectivity index (χ3n) is 2.70. The Morgan fingerprint density at radius 3 is 2.89 bits per heavy atom. The van der Waals surface area contributed by atoms with Crippen molar-refractivity contribution in [3.8, 4) is 11.8 Å². The average Bonchev–Trinajstić information content (AvgIpc) is 2.37. The summed E-state index contributed by atoms with van der Waals surface area (Å²) in [6.07, 6.45) is 2.02. The molecule has 1 aromatic rings. The molecular formula is C15H20N2OS. The van der Waals surface area contributed by atoms with Crippen molar-refractivity contribution < 1.29 is 4.79 Å². The van der Waals surface area contributed by atoms with Crippen molar-refractivity contribution in [1.82, 2.24) is 5.32 Å². The molecule has 0 heterocycles. The van der Waals surface area contributed by atoms with Gasteiger partial charge in [-0.2, -0.15) is 11.8 Å². The third kappa shape index (κ3) is 4.62. The van der Waals surface area contributed by atoms with Crippen molar-refractivity contribution in [1.29, 1.82) is 0 Å². The highest BCUT2D eigenvalue weighted by molar-refractivity contribution is 7.98. The fourth-order valence-electron chi connectivity index (χ4n) is 1.76.